The first-order chi connectivity index (χ1) is 9.81. The van der Waals surface area contributed by atoms with Crippen LogP contribution in [-0.4, -0.2) is 17.1 Å². The zero-order chi connectivity index (χ0) is 13.9. The number of hydrogen-bond donors (Lipinski definition) is 0. The number of aryl methyl sites for hydroxylation is 1. The fraction of sp³-hybridized carbons (Fsp3) is 0.176. The Morgan fingerprint density at radius 3 is 2.50 bits per heavy atom. The Kier molecular flexibility index (Phi) is 3.33. The van der Waals surface area contributed by atoms with Crippen molar-refractivity contribution in [2.45, 2.75) is 13.3 Å². The largest absolute Gasteiger partial charge is 0.481 e. The highest BCUT2D eigenvalue weighted by Gasteiger charge is 2.06. The Labute approximate surface area is 118 Å². The summed E-state index contributed by atoms with van der Waals surface area (Å²) in [5, 5.41) is 1.04. The number of benzene rings is 1. The lowest BCUT2D eigenvalue weighted by atomic mass is 10.0. The molecule has 1 aromatic carbocycles. The van der Waals surface area contributed by atoms with Gasteiger partial charge in [-0.2, -0.15) is 4.98 Å². The van der Waals surface area contributed by atoms with E-state index in [0.29, 0.717) is 11.5 Å². The van der Waals surface area contributed by atoms with Crippen LogP contribution >= 0.6 is 0 Å². The van der Waals surface area contributed by atoms with Crippen LogP contribution in [0.15, 0.2) is 48.7 Å². The lowest BCUT2D eigenvalue weighted by Crippen LogP contribution is -1.91. The SMILES string of the molecule is CCc1ccc(-c2ccnc3nc(OC)ccc23)cc1. The molecule has 0 saturated carbocycles. The summed E-state index contributed by atoms with van der Waals surface area (Å²) in [6, 6.07) is 14.5. The topological polar surface area (TPSA) is 35.0 Å². The van der Waals surface area contributed by atoms with Gasteiger partial charge in [-0.3, -0.25) is 0 Å². The van der Waals surface area contributed by atoms with Crippen LogP contribution in [0.5, 0.6) is 5.88 Å². The van der Waals surface area contributed by atoms with Crippen LogP contribution in [0.4, 0.5) is 0 Å². The number of ether oxygens (including phenoxy) is 1. The predicted molar refractivity (Wildman–Crippen MR) is 80.9 cm³/mol. The highest BCUT2D eigenvalue weighted by Crippen LogP contribution is 2.28. The third kappa shape index (κ3) is 2.23. The molecular formula is C17H16N2O. The Hall–Kier alpha value is -2.42. The van der Waals surface area contributed by atoms with Crippen molar-refractivity contribution in [1.29, 1.82) is 0 Å². The molecule has 2 heterocycles. The zero-order valence-electron chi connectivity index (χ0n) is 11.6. The van der Waals surface area contributed by atoms with E-state index in [-0.39, 0.29) is 0 Å². The standard InChI is InChI=1S/C17H16N2O/c1-3-12-4-6-13(7-5-12)14-10-11-18-17-15(14)8-9-16(19-17)20-2/h4-11H,3H2,1-2H3. The lowest BCUT2D eigenvalue weighted by Gasteiger charge is -2.07. The molecule has 0 saturated heterocycles. The van der Waals surface area contributed by atoms with Gasteiger partial charge in [0.05, 0.1) is 7.11 Å². The smallest absolute Gasteiger partial charge is 0.215 e. The molecular weight excluding hydrogens is 248 g/mol. The van der Waals surface area contributed by atoms with Crippen molar-refractivity contribution in [3.63, 3.8) is 0 Å². The molecule has 0 unspecified atom stereocenters. The summed E-state index contributed by atoms with van der Waals surface area (Å²) in [4.78, 5) is 8.70. The van der Waals surface area contributed by atoms with Gasteiger partial charge in [0.15, 0.2) is 5.65 Å². The molecule has 0 amide bonds. The van der Waals surface area contributed by atoms with Crippen molar-refractivity contribution in [2.24, 2.45) is 0 Å². The lowest BCUT2D eigenvalue weighted by molar-refractivity contribution is 0.399. The number of fused-ring (bicyclic) bond motifs is 1. The van der Waals surface area contributed by atoms with Gasteiger partial charge in [0.1, 0.15) is 0 Å². The van der Waals surface area contributed by atoms with E-state index in [1.54, 1.807) is 13.3 Å². The van der Waals surface area contributed by atoms with Crippen molar-refractivity contribution >= 4 is 11.0 Å². The van der Waals surface area contributed by atoms with Gasteiger partial charge in [-0.05, 0) is 35.2 Å². The number of rotatable bonds is 3. The van der Waals surface area contributed by atoms with Crippen LogP contribution in [0.3, 0.4) is 0 Å². The van der Waals surface area contributed by atoms with Gasteiger partial charge in [-0.1, -0.05) is 31.2 Å². The normalized spacial score (nSPS) is 10.7. The molecule has 0 radical (unpaired) electrons. The minimum atomic E-state index is 0.587. The summed E-state index contributed by atoms with van der Waals surface area (Å²) in [5.41, 5.74) is 4.38. The molecule has 0 fully saturated rings. The first-order valence-corrected chi connectivity index (χ1v) is 6.71. The van der Waals surface area contributed by atoms with Crippen LogP contribution in [0.25, 0.3) is 22.2 Å². The van der Waals surface area contributed by atoms with Crippen LogP contribution < -0.4 is 4.74 Å². The Balaban J connectivity index is 2.14. The number of aromatic nitrogens is 2. The first kappa shape index (κ1) is 12.6. The molecule has 100 valence electrons. The number of hydrogen-bond acceptors (Lipinski definition) is 3. The summed E-state index contributed by atoms with van der Waals surface area (Å²) >= 11 is 0. The van der Waals surface area contributed by atoms with Crippen molar-refractivity contribution < 1.29 is 4.74 Å². The minimum Gasteiger partial charge on any atom is -0.481 e. The van der Waals surface area contributed by atoms with Gasteiger partial charge >= 0.3 is 0 Å². The molecule has 0 bridgehead atoms. The number of nitrogens with zero attached hydrogens (tertiary/aromatic N) is 2. The molecule has 20 heavy (non-hydrogen) atoms. The van der Waals surface area contributed by atoms with Crippen molar-refractivity contribution in [2.75, 3.05) is 7.11 Å². The summed E-state index contributed by atoms with van der Waals surface area (Å²) in [6.07, 6.45) is 2.84. The van der Waals surface area contributed by atoms with Gasteiger partial charge in [0.25, 0.3) is 0 Å². The molecule has 0 aliphatic carbocycles. The number of methoxy groups -OCH3 is 1. The molecule has 0 N–H and O–H groups in total. The highest BCUT2D eigenvalue weighted by molar-refractivity contribution is 5.92. The average molecular weight is 264 g/mol. The summed E-state index contributed by atoms with van der Waals surface area (Å²) in [5.74, 6) is 0.587. The van der Waals surface area contributed by atoms with Gasteiger partial charge in [-0.25, -0.2) is 4.98 Å². The molecule has 2 aromatic heterocycles. The summed E-state index contributed by atoms with van der Waals surface area (Å²) in [7, 11) is 1.61. The van der Waals surface area contributed by atoms with Crippen LogP contribution in [-0.2, 0) is 6.42 Å². The molecule has 0 aliphatic heterocycles. The van der Waals surface area contributed by atoms with E-state index in [2.05, 4.69) is 41.2 Å². The summed E-state index contributed by atoms with van der Waals surface area (Å²) < 4.78 is 5.15. The quantitative estimate of drug-likeness (QED) is 0.720. The van der Waals surface area contributed by atoms with Crippen LogP contribution in [0.1, 0.15) is 12.5 Å². The monoisotopic (exact) mass is 264 g/mol. The molecule has 3 rings (SSSR count). The van der Waals surface area contributed by atoms with E-state index >= 15 is 0 Å². The van der Waals surface area contributed by atoms with Gasteiger partial charge in [-0.15, -0.1) is 0 Å². The highest BCUT2D eigenvalue weighted by atomic mass is 16.5. The fourth-order valence-corrected chi connectivity index (χ4v) is 2.30. The Morgan fingerprint density at radius 2 is 1.80 bits per heavy atom. The maximum Gasteiger partial charge on any atom is 0.215 e. The zero-order valence-corrected chi connectivity index (χ0v) is 11.6. The maximum atomic E-state index is 5.15. The van der Waals surface area contributed by atoms with E-state index in [1.807, 2.05) is 18.2 Å². The maximum absolute atomic E-state index is 5.15. The molecule has 3 aromatic rings. The van der Waals surface area contributed by atoms with E-state index in [1.165, 1.54) is 11.1 Å². The fourth-order valence-electron chi connectivity index (χ4n) is 2.30. The summed E-state index contributed by atoms with van der Waals surface area (Å²) in [6.45, 7) is 2.16. The number of pyridine rings is 2. The van der Waals surface area contributed by atoms with Crippen molar-refractivity contribution in [3.8, 4) is 17.0 Å². The second-order valence-electron chi connectivity index (χ2n) is 4.63. The molecule has 0 atom stereocenters. The third-order valence-corrected chi connectivity index (χ3v) is 3.46. The predicted octanol–water partition coefficient (Wildman–Crippen LogP) is 3.87. The van der Waals surface area contributed by atoms with E-state index in [0.717, 1.165) is 17.4 Å². The second-order valence-corrected chi connectivity index (χ2v) is 4.63. The third-order valence-electron chi connectivity index (χ3n) is 3.46. The molecule has 0 spiro atoms. The second kappa shape index (κ2) is 5.29. The molecule has 3 nitrogen and oxygen atoms in total. The van der Waals surface area contributed by atoms with E-state index in [9.17, 15) is 0 Å². The van der Waals surface area contributed by atoms with Gasteiger partial charge < -0.3 is 4.74 Å². The first-order valence-electron chi connectivity index (χ1n) is 6.71. The van der Waals surface area contributed by atoms with Crippen LogP contribution in [0.2, 0.25) is 0 Å². The van der Waals surface area contributed by atoms with Crippen molar-refractivity contribution in [1.82, 2.24) is 9.97 Å². The minimum absolute atomic E-state index is 0.587. The van der Waals surface area contributed by atoms with Gasteiger partial charge in [0.2, 0.25) is 5.88 Å². The van der Waals surface area contributed by atoms with E-state index in [4.69, 9.17) is 4.74 Å². The molecule has 0 aliphatic rings. The van der Waals surface area contributed by atoms with E-state index < -0.39 is 0 Å². The van der Waals surface area contributed by atoms with Crippen molar-refractivity contribution in [3.05, 3.63) is 54.2 Å². The molecule has 3 heteroatoms. The van der Waals surface area contributed by atoms with Gasteiger partial charge in [0, 0.05) is 17.6 Å². The average Bonchev–Trinajstić information content (AvgIpc) is 2.54. The Morgan fingerprint density at radius 1 is 1.00 bits per heavy atom. The Bertz CT molecular complexity index is 736. The van der Waals surface area contributed by atoms with Crippen LogP contribution in [0, 0.1) is 0 Å².